The zero-order valence-corrected chi connectivity index (χ0v) is 11.5. The summed E-state index contributed by atoms with van der Waals surface area (Å²) >= 11 is 3.37. The van der Waals surface area contributed by atoms with Gasteiger partial charge < -0.3 is 9.47 Å². The molecule has 0 bridgehead atoms. The van der Waals surface area contributed by atoms with Crippen molar-refractivity contribution in [2.45, 2.75) is 25.4 Å². The standard InChI is InChI=1S/C13H15BrO3/c1-13(6-3-7-17-13)12(15)10-8-9(14)4-5-11(10)16-2/h4-5,8H,3,6-7H2,1-2H3. The third kappa shape index (κ3) is 2.38. The molecule has 0 radical (unpaired) electrons. The molecule has 1 aromatic carbocycles. The molecule has 0 aromatic heterocycles. The Kier molecular flexibility index (Phi) is 3.54. The van der Waals surface area contributed by atoms with Gasteiger partial charge in [-0.2, -0.15) is 0 Å². The summed E-state index contributed by atoms with van der Waals surface area (Å²) in [5.41, 5.74) is -0.125. The van der Waals surface area contributed by atoms with E-state index in [1.807, 2.05) is 13.0 Å². The van der Waals surface area contributed by atoms with Gasteiger partial charge in [0.2, 0.25) is 0 Å². The molecule has 0 saturated carbocycles. The van der Waals surface area contributed by atoms with Crippen LogP contribution >= 0.6 is 15.9 Å². The molecule has 0 N–H and O–H groups in total. The maximum Gasteiger partial charge on any atom is 0.198 e. The molecule has 1 unspecified atom stereocenters. The first kappa shape index (κ1) is 12.6. The van der Waals surface area contributed by atoms with Crippen LogP contribution in [0.1, 0.15) is 30.1 Å². The minimum Gasteiger partial charge on any atom is -0.496 e. The van der Waals surface area contributed by atoms with Crippen molar-refractivity contribution in [3.8, 4) is 5.75 Å². The Balaban J connectivity index is 2.39. The quantitative estimate of drug-likeness (QED) is 0.804. The van der Waals surface area contributed by atoms with Gasteiger partial charge >= 0.3 is 0 Å². The van der Waals surface area contributed by atoms with E-state index in [4.69, 9.17) is 9.47 Å². The first-order valence-electron chi connectivity index (χ1n) is 5.59. The molecule has 4 heteroatoms. The molecule has 1 saturated heterocycles. The molecule has 0 spiro atoms. The fourth-order valence-corrected chi connectivity index (χ4v) is 2.46. The molecule has 3 nitrogen and oxygen atoms in total. The monoisotopic (exact) mass is 298 g/mol. The lowest BCUT2D eigenvalue weighted by molar-refractivity contribution is 0.0211. The molecule has 1 aliphatic heterocycles. The molecule has 1 fully saturated rings. The summed E-state index contributed by atoms with van der Waals surface area (Å²) in [5.74, 6) is 0.586. The van der Waals surface area contributed by atoms with Crippen molar-refractivity contribution < 1.29 is 14.3 Å². The van der Waals surface area contributed by atoms with E-state index >= 15 is 0 Å². The van der Waals surface area contributed by atoms with E-state index in [1.54, 1.807) is 19.2 Å². The molecule has 1 aliphatic rings. The summed E-state index contributed by atoms with van der Waals surface area (Å²) in [7, 11) is 1.57. The molecule has 1 aromatic rings. The van der Waals surface area contributed by atoms with Gasteiger partial charge in [-0.05, 0) is 38.0 Å². The van der Waals surface area contributed by atoms with E-state index < -0.39 is 5.60 Å². The van der Waals surface area contributed by atoms with E-state index in [2.05, 4.69) is 15.9 Å². The van der Waals surface area contributed by atoms with Gasteiger partial charge in [-0.25, -0.2) is 0 Å². The second-order valence-electron chi connectivity index (χ2n) is 4.36. The highest BCUT2D eigenvalue weighted by Crippen LogP contribution is 2.33. The number of rotatable bonds is 3. The van der Waals surface area contributed by atoms with Crippen molar-refractivity contribution in [2.75, 3.05) is 13.7 Å². The fraction of sp³-hybridized carbons (Fsp3) is 0.462. The number of benzene rings is 1. The number of ketones is 1. The first-order valence-corrected chi connectivity index (χ1v) is 6.38. The second kappa shape index (κ2) is 4.78. The third-order valence-corrected chi connectivity index (χ3v) is 3.60. The smallest absolute Gasteiger partial charge is 0.198 e. The molecule has 92 valence electrons. The van der Waals surface area contributed by atoms with Gasteiger partial charge in [0, 0.05) is 11.1 Å². The van der Waals surface area contributed by atoms with Crippen molar-refractivity contribution in [3.05, 3.63) is 28.2 Å². The van der Waals surface area contributed by atoms with Crippen LogP contribution in [0.5, 0.6) is 5.75 Å². The molecule has 2 rings (SSSR count). The van der Waals surface area contributed by atoms with Gasteiger partial charge in [0.1, 0.15) is 11.4 Å². The van der Waals surface area contributed by atoms with Crippen LogP contribution in [-0.2, 0) is 4.74 Å². The summed E-state index contributed by atoms with van der Waals surface area (Å²) in [6.07, 6.45) is 1.69. The predicted molar refractivity (Wildman–Crippen MR) is 68.6 cm³/mol. The van der Waals surface area contributed by atoms with Gasteiger partial charge in [0.25, 0.3) is 0 Å². The Morgan fingerprint density at radius 2 is 2.29 bits per heavy atom. The van der Waals surface area contributed by atoms with Gasteiger partial charge in [-0.3, -0.25) is 4.79 Å². The summed E-state index contributed by atoms with van der Waals surface area (Å²) < 4.78 is 11.7. The number of carbonyl (C=O) groups excluding carboxylic acids is 1. The predicted octanol–water partition coefficient (Wildman–Crippen LogP) is 3.21. The van der Waals surface area contributed by atoms with Crippen LogP contribution in [-0.4, -0.2) is 25.1 Å². The van der Waals surface area contributed by atoms with E-state index in [0.29, 0.717) is 17.9 Å². The number of halogens is 1. The van der Waals surface area contributed by atoms with Gasteiger partial charge in [-0.1, -0.05) is 15.9 Å². The molecule has 0 amide bonds. The van der Waals surface area contributed by atoms with Crippen molar-refractivity contribution in [1.29, 1.82) is 0 Å². The topological polar surface area (TPSA) is 35.5 Å². The molecule has 1 atom stereocenters. The molecule has 1 heterocycles. The maximum absolute atomic E-state index is 12.5. The zero-order valence-electron chi connectivity index (χ0n) is 9.96. The lowest BCUT2D eigenvalue weighted by atomic mass is 9.91. The highest BCUT2D eigenvalue weighted by molar-refractivity contribution is 9.10. The normalized spacial score (nSPS) is 23.7. The molecule has 0 aliphatic carbocycles. The van der Waals surface area contributed by atoms with Gasteiger partial charge in [0.15, 0.2) is 5.78 Å². The average Bonchev–Trinajstić information content (AvgIpc) is 2.76. The lowest BCUT2D eigenvalue weighted by Crippen LogP contribution is -2.34. The fourth-order valence-electron chi connectivity index (χ4n) is 2.10. The summed E-state index contributed by atoms with van der Waals surface area (Å²) in [6, 6.07) is 5.43. The molecular weight excluding hydrogens is 284 g/mol. The second-order valence-corrected chi connectivity index (χ2v) is 5.27. The minimum atomic E-state index is -0.700. The Morgan fingerprint density at radius 1 is 1.53 bits per heavy atom. The number of methoxy groups -OCH3 is 1. The summed E-state index contributed by atoms with van der Waals surface area (Å²) in [4.78, 5) is 12.5. The van der Waals surface area contributed by atoms with Crippen LogP contribution in [0.25, 0.3) is 0 Å². The van der Waals surface area contributed by atoms with Crippen molar-refractivity contribution >= 4 is 21.7 Å². The number of hydrogen-bond acceptors (Lipinski definition) is 3. The van der Waals surface area contributed by atoms with E-state index in [-0.39, 0.29) is 5.78 Å². The SMILES string of the molecule is COc1ccc(Br)cc1C(=O)C1(C)CCCO1. The van der Waals surface area contributed by atoms with Crippen molar-refractivity contribution in [2.24, 2.45) is 0 Å². The van der Waals surface area contributed by atoms with Crippen LogP contribution in [0.3, 0.4) is 0 Å². The maximum atomic E-state index is 12.5. The van der Waals surface area contributed by atoms with Gasteiger partial charge in [-0.15, -0.1) is 0 Å². The summed E-state index contributed by atoms with van der Waals surface area (Å²) in [5, 5.41) is 0. The van der Waals surface area contributed by atoms with Crippen LogP contribution in [0.4, 0.5) is 0 Å². The Hall–Kier alpha value is -0.870. The van der Waals surface area contributed by atoms with Crippen molar-refractivity contribution in [1.82, 2.24) is 0 Å². The zero-order chi connectivity index (χ0) is 12.5. The first-order chi connectivity index (χ1) is 8.07. The number of carbonyl (C=O) groups is 1. The number of Topliss-reactive ketones (excluding diaryl/α,β-unsaturated/α-hetero) is 1. The minimum absolute atomic E-state index is 0.00634. The number of hydrogen-bond donors (Lipinski definition) is 0. The van der Waals surface area contributed by atoms with E-state index in [9.17, 15) is 4.79 Å². The van der Waals surface area contributed by atoms with Crippen LogP contribution in [0.2, 0.25) is 0 Å². The van der Waals surface area contributed by atoms with Crippen LogP contribution < -0.4 is 4.74 Å². The van der Waals surface area contributed by atoms with E-state index in [0.717, 1.165) is 17.3 Å². The van der Waals surface area contributed by atoms with Gasteiger partial charge in [0.05, 0.1) is 12.7 Å². The van der Waals surface area contributed by atoms with Crippen LogP contribution in [0.15, 0.2) is 22.7 Å². The number of ether oxygens (including phenoxy) is 2. The van der Waals surface area contributed by atoms with Crippen LogP contribution in [0, 0.1) is 0 Å². The highest BCUT2D eigenvalue weighted by atomic mass is 79.9. The molecular formula is C13H15BrO3. The molecule has 17 heavy (non-hydrogen) atoms. The largest absolute Gasteiger partial charge is 0.496 e. The lowest BCUT2D eigenvalue weighted by Gasteiger charge is -2.22. The third-order valence-electron chi connectivity index (χ3n) is 3.11. The van der Waals surface area contributed by atoms with E-state index in [1.165, 1.54) is 0 Å². The van der Waals surface area contributed by atoms with Crippen molar-refractivity contribution in [3.63, 3.8) is 0 Å². The Bertz CT molecular complexity index is 436. The average molecular weight is 299 g/mol. The summed E-state index contributed by atoms with van der Waals surface area (Å²) in [6.45, 7) is 2.50. The Labute approximate surface area is 109 Å². The Morgan fingerprint density at radius 3 is 2.88 bits per heavy atom. The highest BCUT2D eigenvalue weighted by Gasteiger charge is 2.39.